The Hall–Kier alpha value is -3.27. The molecule has 0 aliphatic rings. The second-order valence-electron chi connectivity index (χ2n) is 4.24. The molecule has 0 unspecified atom stereocenters. The minimum absolute atomic E-state index is 0.196. The van der Waals surface area contributed by atoms with Crippen molar-refractivity contribution >= 4 is 17.8 Å². The molecule has 0 aromatic heterocycles. The molecule has 0 amide bonds. The number of rotatable bonds is 5. The number of phenols is 2. The standard InChI is InChI=1S/C15H15N3O4/c1-2-12(18-8-11(17)15(21)22)10(7-16)5-9-3-4-13(19)14(20)6-9/h3-6,8,19-20H,2,17H2,1H3,(H,21,22)/b10-5+,11-8-,18-12-. The van der Waals surface area contributed by atoms with Gasteiger partial charge in [-0.3, -0.25) is 4.99 Å². The lowest BCUT2D eigenvalue weighted by Gasteiger charge is -2.03. The van der Waals surface area contributed by atoms with Crippen LogP contribution in [-0.2, 0) is 4.79 Å². The van der Waals surface area contributed by atoms with Crippen LogP contribution in [-0.4, -0.2) is 27.0 Å². The molecule has 114 valence electrons. The number of carboxylic acid groups (broad SMARTS) is 1. The Morgan fingerprint density at radius 3 is 2.59 bits per heavy atom. The molecule has 0 fully saturated rings. The summed E-state index contributed by atoms with van der Waals surface area (Å²) in [6.07, 6.45) is 2.82. The van der Waals surface area contributed by atoms with Gasteiger partial charge < -0.3 is 21.1 Å². The molecule has 5 N–H and O–H groups in total. The number of phenolic OH excluding ortho intramolecular Hbond substituents is 2. The highest BCUT2D eigenvalue weighted by molar-refractivity contribution is 6.07. The van der Waals surface area contributed by atoms with Crippen LogP contribution in [0.5, 0.6) is 11.5 Å². The number of nitrogens with zero attached hydrogens (tertiary/aromatic N) is 2. The third-order valence-electron chi connectivity index (χ3n) is 2.68. The van der Waals surface area contributed by atoms with Gasteiger partial charge in [-0.15, -0.1) is 0 Å². The molecular weight excluding hydrogens is 286 g/mol. The average Bonchev–Trinajstić information content (AvgIpc) is 2.49. The Bertz CT molecular complexity index is 712. The van der Waals surface area contributed by atoms with Gasteiger partial charge in [-0.1, -0.05) is 13.0 Å². The molecule has 0 aliphatic heterocycles. The number of aliphatic imine (C=N–C) groups is 1. The highest BCUT2D eigenvalue weighted by atomic mass is 16.4. The number of allylic oxidation sites excluding steroid dienone is 1. The summed E-state index contributed by atoms with van der Waals surface area (Å²) in [6.45, 7) is 1.75. The van der Waals surface area contributed by atoms with Gasteiger partial charge >= 0.3 is 5.97 Å². The van der Waals surface area contributed by atoms with Crippen molar-refractivity contribution in [3.8, 4) is 17.6 Å². The van der Waals surface area contributed by atoms with Crippen LogP contribution >= 0.6 is 0 Å². The van der Waals surface area contributed by atoms with Gasteiger partial charge in [0.05, 0.1) is 17.5 Å². The first-order chi connectivity index (χ1) is 10.4. The topological polar surface area (TPSA) is 140 Å². The molecule has 22 heavy (non-hydrogen) atoms. The monoisotopic (exact) mass is 301 g/mol. The number of benzene rings is 1. The zero-order chi connectivity index (χ0) is 16.7. The fraction of sp³-hybridized carbons (Fsp3) is 0.133. The Kier molecular flexibility index (Phi) is 5.72. The van der Waals surface area contributed by atoms with E-state index in [-0.39, 0.29) is 17.1 Å². The number of nitriles is 1. The summed E-state index contributed by atoms with van der Waals surface area (Å²) in [6, 6.07) is 6.06. The zero-order valence-corrected chi connectivity index (χ0v) is 11.8. The molecule has 7 heteroatoms. The molecule has 0 heterocycles. The van der Waals surface area contributed by atoms with Gasteiger partial charge in [-0.25, -0.2) is 4.79 Å². The molecule has 0 saturated heterocycles. The van der Waals surface area contributed by atoms with E-state index in [1.54, 1.807) is 6.92 Å². The van der Waals surface area contributed by atoms with Gasteiger partial charge in [0, 0.05) is 0 Å². The maximum Gasteiger partial charge on any atom is 0.353 e. The predicted octanol–water partition coefficient (Wildman–Crippen LogP) is 1.74. The van der Waals surface area contributed by atoms with Crippen molar-refractivity contribution in [2.75, 3.05) is 0 Å². The van der Waals surface area contributed by atoms with E-state index < -0.39 is 11.7 Å². The quantitative estimate of drug-likeness (QED) is 0.282. The van der Waals surface area contributed by atoms with Crippen molar-refractivity contribution in [3.63, 3.8) is 0 Å². The number of hydrogen-bond acceptors (Lipinski definition) is 6. The van der Waals surface area contributed by atoms with Gasteiger partial charge in [0.1, 0.15) is 11.8 Å². The van der Waals surface area contributed by atoms with Crippen molar-refractivity contribution in [1.29, 1.82) is 5.26 Å². The molecule has 1 aromatic carbocycles. The largest absolute Gasteiger partial charge is 0.504 e. The SMILES string of the molecule is CCC(=N/C=C(\N)C(=O)O)/C(C#N)=C/c1ccc(O)c(O)c1. The van der Waals surface area contributed by atoms with Gasteiger partial charge in [0.2, 0.25) is 0 Å². The van der Waals surface area contributed by atoms with E-state index in [9.17, 15) is 20.3 Å². The molecule has 0 spiro atoms. The van der Waals surface area contributed by atoms with E-state index in [0.717, 1.165) is 6.20 Å². The van der Waals surface area contributed by atoms with Crippen molar-refractivity contribution < 1.29 is 20.1 Å². The normalized spacial score (nSPS) is 12.8. The number of nitrogens with two attached hydrogens (primary N) is 1. The first-order valence-corrected chi connectivity index (χ1v) is 6.28. The Morgan fingerprint density at radius 2 is 2.09 bits per heavy atom. The van der Waals surface area contributed by atoms with Crippen molar-refractivity contribution in [3.05, 3.63) is 41.2 Å². The summed E-state index contributed by atoms with van der Waals surface area (Å²) in [4.78, 5) is 14.5. The zero-order valence-electron chi connectivity index (χ0n) is 11.8. The number of carbonyl (C=O) groups is 1. The van der Waals surface area contributed by atoms with Crippen LogP contribution in [0.2, 0.25) is 0 Å². The van der Waals surface area contributed by atoms with Gasteiger partial charge in [0.15, 0.2) is 11.5 Å². The van der Waals surface area contributed by atoms with E-state index in [1.165, 1.54) is 24.3 Å². The van der Waals surface area contributed by atoms with Crippen LogP contribution in [0.25, 0.3) is 6.08 Å². The van der Waals surface area contributed by atoms with Crippen LogP contribution in [0.4, 0.5) is 0 Å². The third kappa shape index (κ3) is 4.38. The molecule has 0 radical (unpaired) electrons. The van der Waals surface area contributed by atoms with Crippen molar-refractivity contribution in [2.45, 2.75) is 13.3 Å². The van der Waals surface area contributed by atoms with Crippen LogP contribution < -0.4 is 5.73 Å². The van der Waals surface area contributed by atoms with Gasteiger partial charge in [0.25, 0.3) is 0 Å². The minimum Gasteiger partial charge on any atom is -0.504 e. The van der Waals surface area contributed by atoms with Crippen LogP contribution in [0, 0.1) is 11.3 Å². The summed E-state index contributed by atoms with van der Waals surface area (Å²) >= 11 is 0. The lowest BCUT2D eigenvalue weighted by atomic mass is 10.1. The second-order valence-corrected chi connectivity index (χ2v) is 4.24. The van der Waals surface area contributed by atoms with Gasteiger partial charge in [-0.2, -0.15) is 5.26 Å². The number of aliphatic carboxylic acids is 1. The fourth-order valence-corrected chi connectivity index (χ4v) is 1.53. The van der Waals surface area contributed by atoms with Crippen LogP contribution in [0.3, 0.4) is 0 Å². The Labute approximate surface area is 127 Å². The van der Waals surface area contributed by atoms with Gasteiger partial charge in [-0.05, 0) is 30.2 Å². The lowest BCUT2D eigenvalue weighted by molar-refractivity contribution is -0.132. The van der Waals surface area contributed by atoms with Crippen LogP contribution in [0.15, 0.2) is 40.7 Å². The molecule has 0 bridgehead atoms. The molecule has 1 aromatic rings. The number of carboxylic acids is 1. The van der Waals surface area contributed by atoms with E-state index in [2.05, 4.69) is 4.99 Å². The first-order valence-electron chi connectivity index (χ1n) is 6.28. The van der Waals surface area contributed by atoms with Crippen LogP contribution in [0.1, 0.15) is 18.9 Å². The summed E-state index contributed by atoms with van der Waals surface area (Å²) in [5.41, 5.74) is 5.83. The molecule has 1 rings (SSSR count). The lowest BCUT2D eigenvalue weighted by Crippen LogP contribution is -2.09. The highest BCUT2D eigenvalue weighted by Gasteiger charge is 2.07. The fourth-order valence-electron chi connectivity index (χ4n) is 1.53. The third-order valence-corrected chi connectivity index (χ3v) is 2.68. The molecule has 0 saturated carbocycles. The summed E-state index contributed by atoms with van der Waals surface area (Å²) < 4.78 is 0. The molecule has 0 atom stereocenters. The number of aromatic hydroxyl groups is 2. The van der Waals surface area contributed by atoms with E-state index in [1.807, 2.05) is 6.07 Å². The van der Waals surface area contributed by atoms with Crippen molar-refractivity contribution in [1.82, 2.24) is 0 Å². The highest BCUT2D eigenvalue weighted by Crippen LogP contribution is 2.26. The molecule has 7 nitrogen and oxygen atoms in total. The maximum atomic E-state index is 10.6. The first kappa shape index (κ1) is 16.8. The van der Waals surface area contributed by atoms with E-state index in [0.29, 0.717) is 17.7 Å². The maximum absolute atomic E-state index is 10.6. The average molecular weight is 301 g/mol. The number of hydrogen-bond donors (Lipinski definition) is 4. The minimum atomic E-state index is -1.30. The molecular formula is C15H15N3O4. The predicted molar refractivity (Wildman–Crippen MR) is 81.0 cm³/mol. The second kappa shape index (κ2) is 7.50. The Balaban J connectivity index is 3.21. The van der Waals surface area contributed by atoms with E-state index in [4.69, 9.17) is 10.8 Å². The van der Waals surface area contributed by atoms with E-state index >= 15 is 0 Å². The molecule has 0 aliphatic carbocycles. The summed E-state index contributed by atoms with van der Waals surface area (Å²) in [5.74, 6) is -1.88. The van der Waals surface area contributed by atoms with Crippen molar-refractivity contribution in [2.24, 2.45) is 10.7 Å². The Morgan fingerprint density at radius 1 is 1.41 bits per heavy atom. The smallest absolute Gasteiger partial charge is 0.353 e. The summed E-state index contributed by atoms with van der Waals surface area (Å²) in [7, 11) is 0. The summed E-state index contributed by atoms with van der Waals surface area (Å²) in [5, 5.41) is 36.6.